The Morgan fingerprint density at radius 2 is 2.21 bits per heavy atom. The maximum absolute atomic E-state index is 10.5. The third kappa shape index (κ3) is 2.26. The van der Waals surface area contributed by atoms with Gasteiger partial charge in [-0.05, 0) is 24.6 Å². The summed E-state index contributed by atoms with van der Waals surface area (Å²) in [6, 6.07) is 4.57. The van der Waals surface area contributed by atoms with Crippen molar-refractivity contribution in [1.82, 2.24) is 0 Å². The molecule has 0 aliphatic carbocycles. The number of phenols is 1. The number of rotatable bonds is 2. The maximum atomic E-state index is 10.5. The summed E-state index contributed by atoms with van der Waals surface area (Å²) in [4.78, 5) is 10.5. The average Bonchev–Trinajstić information content (AvgIpc) is 2.01. The normalized spacial score (nSPS) is 9.57. The van der Waals surface area contributed by atoms with Crippen LogP contribution in [0.2, 0.25) is 0 Å². The number of carbonyl (C=O) groups is 1. The number of phenolic OH excluding ortho intramolecular Hbond substituents is 1. The average molecular weight is 213 g/mol. The maximum Gasteiger partial charge on any atom is 0.409 e. The van der Waals surface area contributed by atoms with Crippen molar-refractivity contribution >= 4 is 22.6 Å². The second-order valence-electron chi connectivity index (χ2n) is 2.77. The van der Waals surface area contributed by atoms with Crippen molar-refractivity contribution in [1.29, 1.82) is 0 Å². The van der Waals surface area contributed by atoms with Gasteiger partial charge in [-0.25, -0.2) is 4.79 Å². The number of aromatic hydroxyl groups is 1. The lowest BCUT2D eigenvalue weighted by atomic mass is 10.1. The Morgan fingerprint density at radius 3 is 2.71 bits per heavy atom. The first-order chi connectivity index (χ1) is 6.52. The Kier molecular flexibility index (Phi) is 3.14. The minimum Gasteiger partial charge on any atom is -0.507 e. The Morgan fingerprint density at radius 1 is 1.57 bits per heavy atom. The highest BCUT2D eigenvalue weighted by molar-refractivity contribution is 6.61. The van der Waals surface area contributed by atoms with E-state index in [4.69, 9.17) is 16.3 Å². The van der Waals surface area contributed by atoms with E-state index in [2.05, 4.69) is 6.58 Å². The molecule has 14 heavy (non-hydrogen) atoms. The molecule has 4 heteroatoms. The van der Waals surface area contributed by atoms with E-state index in [9.17, 15) is 9.90 Å². The molecule has 3 nitrogen and oxygen atoms in total. The first kappa shape index (κ1) is 10.6. The number of benzene rings is 1. The third-order valence-electron chi connectivity index (χ3n) is 1.62. The largest absolute Gasteiger partial charge is 0.507 e. The van der Waals surface area contributed by atoms with Crippen LogP contribution in [-0.2, 0) is 0 Å². The van der Waals surface area contributed by atoms with Gasteiger partial charge in [-0.1, -0.05) is 12.6 Å². The molecule has 1 aromatic carbocycles. The second-order valence-corrected chi connectivity index (χ2v) is 3.08. The van der Waals surface area contributed by atoms with Gasteiger partial charge in [-0.15, -0.1) is 0 Å². The predicted molar refractivity (Wildman–Crippen MR) is 54.7 cm³/mol. The fourth-order valence-electron chi connectivity index (χ4n) is 1.12. The van der Waals surface area contributed by atoms with Gasteiger partial charge in [0.25, 0.3) is 0 Å². The highest BCUT2D eigenvalue weighted by atomic mass is 35.5. The Hall–Kier alpha value is -1.48. The van der Waals surface area contributed by atoms with Crippen LogP contribution in [-0.4, -0.2) is 10.5 Å². The van der Waals surface area contributed by atoms with E-state index in [1.807, 2.05) is 0 Å². The van der Waals surface area contributed by atoms with Crippen molar-refractivity contribution in [3.05, 3.63) is 30.3 Å². The van der Waals surface area contributed by atoms with Crippen LogP contribution in [0.5, 0.6) is 11.5 Å². The van der Waals surface area contributed by atoms with Gasteiger partial charge in [-0.3, -0.25) is 0 Å². The Bertz CT molecular complexity index is 385. The summed E-state index contributed by atoms with van der Waals surface area (Å²) in [5.41, 5.74) is 0.0376. The summed E-state index contributed by atoms with van der Waals surface area (Å²) in [6.45, 7) is 5.35. The van der Waals surface area contributed by atoms with Crippen LogP contribution in [0, 0.1) is 0 Å². The van der Waals surface area contributed by atoms with Gasteiger partial charge >= 0.3 is 5.43 Å². The van der Waals surface area contributed by atoms with Crippen LogP contribution in [0.25, 0.3) is 5.57 Å². The van der Waals surface area contributed by atoms with Crippen molar-refractivity contribution in [3.8, 4) is 11.5 Å². The molecule has 0 fully saturated rings. The first-order valence-electron chi connectivity index (χ1n) is 3.87. The molecule has 0 amide bonds. The highest BCUT2D eigenvalue weighted by Crippen LogP contribution is 2.33. The van der Waals surface area contributed by atoms with Gasteiger partial charge in [0.05, 0.1) is 5.56 Å². The zero-order valence-electron chi connectivity index (χ0n) is 7.58. The van der Waals surface area contributed by atoms with Gasteiger partial charge < -0.3 is 9.84 Å². The molecule has 0 aliphatic rings. The zero-order valence-corrected chi connectivity index (χ0v) is 8.34. The Labute approximate surface area is 86.6 Å². The summed E-state index contributed by atoms with van der Waals surface area (Å²) in [5.74, 6) is 0.213. The molecule has 0 atom stereocenters. The summed E-state index contributed by atoms with van der Waals surface area (Å²) in [7, 11) is 0. The van der Waals surface area contributed by atoms with Crippen molar-refractivity contribution in [2.24, 2.45) is 0 Å². The predicted octanol–water partition coefficient (Wildman–Crippen LogP) is 3.16. The summed E-state index contributed by atoms with van der Waals surface area (Å²) in [5, 5.41) is 9.48. The molecule has 0 bridgehead atoms. The van der Waals surface area contributed by atoms with Crippen LogP contribution in [0.15, 0.2) is 24.8 Å². The summed E-state index contributed by atoms with van der Waals surface area (Å²) >= 11 is 5.07. The van der Waals surface area contributed by atoms with Crippen LogP contribution in [0.3, 0.4) is 0 Å². The summed E-state index contributed by atoms with van der Waals surface area (Å²) < 4.78 is 4.69. The smallest absolute Gasteiger partial charge is 0.409 e. The van der Waals surface area contributed by atoms with E-state index in [1.165, 1.54) is 12.1 Å². The number of hydrogen-bond donors (Lipinski definition) is 1. The SMILES string of the molecule is C=C(C)c1c(O)cccc1OC(=O)Cl. The molecule has 0 radical (unpaired) electrons. The minimum atomic E-state index is -0.946. The Balaban J connectivity index is 3.21. The van der Waals surface area contributed by atoms with E-state index in [1.54, 1.807) is 13.0 Å². The molecular formula is C10H9ClO3. The van der Waals surface area contributed by atoms with E-state index >= 15 is 0 Å². The van der Waals surface area contributed by atoms with Gasteiger partial charge in [0, 0.05) is 11.6 Å². The molecule has 0 spiro atoms. The molecule has 1 N–H and O–H groups in total. The number of ether oxygens (including phenoxy) is 1. The van der Waals surface area contributed by atoms with Crippen molar-refractivity contribution < 1.29 is 14.6 Å². The van der Waals surface area contributed by atoms with Gasteiger partial charge in [0.2, 0.25) is 0 Å². The van der Waals surface area contributed by atoms with Crippen LogP contribution >= 0.6 is 11.6 Å². The quantitative estimate of drug-likeness (QED) is 0.766. The van der Waals surface area contributed by atoms with Gasteiger partial charge in [0.1, 0.15) is 11.5 Å². The van der Waals surface area contributed by atoms with E-state index < -0.39 is 5.43 Å². The molecule has 0 aliphatic heterocycles. The lowest BCUT2D eigenvalue weighted by Gasteiger charge is -2.09. The van der Waals surface area contributed by atoms with Gasteiger partial charge in [0.15, 0.2) is 0 Å². The monoisotopic (exact) mass is 212 g/mol. The molecule has 0 unspecified atom stereocenters. The first-order valence-corrected chi connectivity index (χ1v) is 4.25. The fourth-order valence-corrected chi connectivity index (χ4v) is 1.20. The van der Waals surface area contributed by atoms with Crippen molar-refractivity contribution in [3.63, 3.8) is 0 Å². The van der Waals surface area contributed by atoms with Crippen LogP contribution < -0.4 is 4.74 Å². The molecule has 0 heterocycles. The summed E-state index contributed by atoms with van der Waals surface area (Å²) in [6.07, 6.45) is 0. The van der Waals surface area contributed by atoms with E-state index in [0.717, 1.165) is 0 Å². The number of halogens is 1. The van der Waals surface area contributed by atoms with E-state index in [0.29, 0.717) is 11.1 Å². The van der Waals surface area contributed by atoms with Crippen LogP contribution in [0.4, 0.5) is 4.79 Å². The molecule has 1 aromatic rings. The topological polar surface area (TPSA) is 46.5 Å². The lowest BCUT2D eigenvalue weighted by molar-refractivity contribution is 0.225. The molecule has 0 aromatic heterocycles. The standard InChI is InChI=1S/C10H9ClO3/c1-6(2)9-7(12)4-3-5-8(9)14-10(11)13/h3-5,12H,1H2,2H3. The van der Waals surface area contributed by atoms with Crippen molar-refractivity contribution in [2.45, 2.75) is 6.92 Å². The minimum absolute atomic E-state index is 0.00733. The molecule has 0 saturated heterocycles. The molecular weight excluding hydrogens is 204 g/mol. The lowest BCUT2D eigenvalue weighted by Crippen LogP contribution is -1.98. The molecule has 0 saturated carbocycles. The number of hydrogen-bond acceptors (Lipinski definition) is 3. The highest BCUT2D eigenvalue weighted by Gasteiger charge is 2.11. The third-order valence-corrected chi connectivity index (χ3v) is 1.70. The van der Waals surface area contributed by atoms with Gasteiger partial charge in [-0.2, -0.15) is 0 Å². The molecule has 74 valence electrons. The molecule has 1 rings (SSSR count). The zero-order chi connectivity index (χ0) is 10.7. The van der Waals surface area contributed by atoms with Crippen LogP contribution in [0.1, 0.15) is 12.5 Å². The van der Waals surface area contributed by atoms with Crippen molar-refractivity contribution in [2.75, 3.05) is 0 Å². The fraction of sp³-hybridized carbons (Fsp3) is 0.100. The van der Waals surface area contributed by atoms with E-state index in [-0.39, 0.29) is 11.5 Å². The number of allylic oxidation sites excluding steroid dienone is 1. The number of carbonyl (C=O) groups excluding carboxylic acids is 1. The second kappa shape index (κ2) is 4.15.